The van der Waals surface area contributed by atoms with Gasteiger partial charge in [0.1, 0.15) is 11.5 Å². The zero-order valence-corrected chi connectivity index (χ0v) is 15.0. The van der Waals surface area contributed by atoms with Crippen LogP contribution >= 0.6 is 0 Å². The van der Waals surface area contributed by atoms with Crippen LogP contribution in [0.25, 0.3) is 0 Å². The van der Waals surface area contributed by atoms with Crippen LogP contribution in [0.1, 0.15) is 58.5 Å². The van der Waals surface area contributed by atoms with E-state index >= 15 is 0 Å². The van der Waals surface area contributed by atoms with Crippen molar-refractivity contribution in [2.24, 2.45) is 0 Å². The van der Waals surface area contributed by atoms with Crippen molar-refractivity contribution in [2.75, 3.05) is 0 Å². The van der Waals surface area contributed by atoms with Gasteiger partial charge in [-0.3, -0.25) is 20.0 Å². The highest BCUT2D eigenvalue weighted by atomic mass is 16.5. The number of rotatable bonds is 6. The Bertz CT molecular complexity index is 794. The Hall–Kier alpha value is -3.10. The number of aromatic hydroxyl groups is 2. The van der Waals surface area contributed by atoms with Crippen molar-refractivity contribution in [3.63, 3.8) is 0 Å². The van der Waals surface area contributed by atoms with E-state index in [1.165, 1.54) is 35.2 Å². The lowest BCUT2D eigenvalue weighted by atomic mass is 9.70. The maximum atomic E-state index is 11.8. The molecule has 0 saturated carbocycles. The summed E-state index contributed by atoms with van der Waals surface area (Å²) in [6.07, 6.45) is 1.17. The van der Waals surface area contributed by atoms with Crippen molar-refractivity contribution in [2.45, 2.75) is 32.1 Å². The molecule has 0 atom stereocenters. The summed E-state index contributed by atoms with van der Waals surface area (Å²) in [5.74, 6) is -2.25. The first-order chi connectivity index (χ1) is 12.8. The van der Waals surface area contributed by atoms with E-state index in [2.05, 4.69) is 0 Å². The third-order valence-electron chi connectivity index (χ3n) is 5.00. The van der Waals surface area contributed by atoms with E-state index in [9.17, 15) is 19.8 Å². The van der Waals surface area contributed by atoms with Crippen LogP contribution in [0.4, 0.5) is 0 Å². The highest BCUT2D eigenvalue weighted by molar-refractivity contribution is 5.97. The molecule has 2 aromatic rings. The second kappa shape index (κ2) is 8.07. The molecule has 8 heteroatoms. The van der Waals surface area contributed by atoms with Gasteiger partial charge < -0.3 is 10.2 Å². The minimum absolute atomic E-state index is 0.0895. The summed E-state index contributed by atoms with van der Waals surface area (Å²) in [4.78, 5) is 23.6. The second-order valence-electron chi connectivity index (χ2n) is 6.13. The Morgan fingerprint density at radius 3 is 1.48 bits per heavy atom. The largest absolute Gasteiger partial charge is 0.507 e. The molecule has 2 amide bonds. The highest BCUT2D eigenvalue weighted by Crippen LogP contribution is 2.41. The number of benzene rings is 2. The maximum Gasteiger partial charge on any atom is 0.278 e. The minimum atomic E-state index is -0.846. The number of nitrogens with one attached hydrogen (secondary N) is 2. The minimum Gasteiger partial charge on any atom is -0.507 e. The Labute approximate surface area is 156 Å². The van der Waals surface area contributed by atoms with Crippen LogP contribution in [0, 0.1) is 0 Å². The summed E-state index contributed by atoms with van der Waals surface area (Å²) >= 11 is 0. The molecule has 0 aromatic heterocycles. The van der Waals surface area contributed by atoms with Gasteiger partial charge in [-0.15, -0.1) is 0 Å². The quantitative estimate of drug-likeness (QED) is 0.339. The van der Waals surface area contributed by atoms with Crippen molar-refractivity contribution in [1.29, 1.82) is 0 Å². The van der Waals surface area contributed by atoms with Gasteiger partial charge in [0.15, 0.2) is 0 Å². The number of carbonyl (C=O) groups excluding carboxylic acids is 2. The fourth-order valence-electron chi connectivity index (χ4n) is 3.38. The molecule has 2 aromatic carbocycles. The molecule has 6 N–H and O–H groups in total. The normalized spacial score (nSPS) is 11.1. The van der Waals surface area contributed by atoms with Gasteiger partial charge in [-0.25, -0.2) is 11.0 Å². The van der Waals surface area contributed by atoms with Crippen LogP contribution < -0.4 is 11.0 Å². The molecule has 0 fully saturated rings. The Kier molecular flexibility index (Phi) is 6.04. The lowest BCUT2D eigenvalue weighted by molar-refractivity contribution is 0.0699. The van der Waals surface area contributed by atoms with Gasteiger partial charge in [-0.05, 0) is 48.2 Å². The highest BCUT2D eigenvalue weighted by Gasteiger charge is 2.33. The number of phenolic OH excluding ortho intramolecular Hbond substituents is 2. The molecule has 0 saturated heterocycles. The third kappa shape index (κ3) is 3.57. The molecule has 0 aliphatic rings. The van der Waals surface area contributed by atoms with Gasteiger partial charge in [0.25, 0.3) is 11.8 Å². The standard InChI is InChI=1S/C19H22N2O6/c1-3-19(4-2,11-5-7-15(22)13(9-11)17(24)20-26)12-6-8-16(23)14(10-12)18(25)21-27/h5-10,22-23,26-27H,3-4H2,1-2H3,(H,20,24)(H,21,25). The van der Waals surface area contributed by atoms with E-state index in [-0.39, 0.29) is 22.6 Å². The molecule has 0 unspecified atom stereocenters. The zero-order valence-electron chi connectivity index (χ0n) is 15.0. The van der Waals surface area contributed by atoms with Crippen molar-refractivity contribution in [1.82, 2.24) is 11.0 Å². The van der Waals surface area contributed by atoms with Gasteiger partial charge in [-0.2, -0.15) is 0 Å². The molecule has 0 aliphatic carbocycles. The fourth-order valence-corrected chi connectivity index (χ4v) is 3.38. The third-order valence-corrected chi connectivity index (χ3v) is 5.00. The van der Waals surface area contributed by atoms with E-state index in [4.69, 9.17) is 10.4 Å². The lowest BCUT2D eigenvalue weighted by Gasteiger charge is -2.34. The Morgan fingerprint density at radius 1 is 0.815 bits per heavy atom. The SMILES string of the molecule is CCC(CC)(c1ccc(O)c(C(=O)NO)c1)c1ccc(O)c(C(=O)NO)c1. The second-order valence-corrected chi connectivity index (χ2v) is 6.13. The molecule has 2 rings (SSSR count). The van der Waals surface area contributed by atoms with Crippen LogP contribution in [0.2, 0.25) is 0 Å². The van der Waals surface area contributed by atoms with Crippen LogP contribution in [0.15, 0.2) is 36.4 Å². The molecule has 0 bridgehead atoms. The average molecular weight is 374 g/mol. The maximum absolute atomic E-state index is 11.8. The van der Waals surface area contributed by atoms with Gasteiger partial charge >= 0.3 is 0 Å². The predicted molar refractivity (Wildman–Crippen MR) is 96.1 cm³/mol. The van der Waals surface area contributed by atoms with Crippen molar-refractivity contribution in [3.8, 4) is 11.5 Å². The summed E-state index contributed by atoms with van der Waals surface area (Å²) in [5.41, 5.74) is 3.55. The summed E-state index contributed by atoms with van der Waals surface area (Å²) in [7, 11) is 0. The molecular weight excluding hydrogens is 352 g/mol. The first kappa shape index (κ1) is 20.2. The van der Waals surface area contributed by atoms with Crippen LogP contribution in [-0.2, 0) is 5.41 Å². The number of hydroxylamine groups is 2. The smallest absolute Gasteiger partial charge is 0.278 e. The molecule has 0 spiro atoms. The van der Waals surface area contributed by atoms with Crippen LogP contribution in [-0.4, -0.2) is 32.4 Å². The summed E-state index contributed by atoms with van der Waals surface area (Å²) in [6, 6.07) is 9.01. The molecule has 0 radical (unpaired) electrons. The fraction of sp³-hybridized carbons (Fsp3) is 0.263. The summed E-state index contributed by atoms with van der Waals surface area (Å²) in [6.45, 7) is 3.86. The monoisotopic (exact) mass is 374 g/mol. The van der Waals surface area contributed by atoms with Gasteiger partial charge in [0, 0.05) is 5.41 Å². The summed E-state index contributed by atoms with van der Waals surface area (Å²) in [5, 5.41) is 37.6. The van der Waals surface area contributed by atoms with Gasteiger partial charge in [-0.1, -0.05) is 26.0 Å². The number of carbonyl (C=O) groups is 2. The number of phenols is 2. The number of amides is 2. The average Bonchev–Trinajstić information content (AvgIpc) is 2.70. The Balaban J connectivity index is 2.69. The first-order valence-corrected chi connectivity index (χ1v) is 8.40. The van der Waals surface area contributed by atoms with Crippen molar-refractivity contribution < 1.29 is 30.2 Å². The molecule has 0 heterocycles. The van der Waals surface area contributed by atoms with E-state index in [1.807, 2.05) is 13.8 Å². The van der Waals surface area contributed by atoms with Gasteiger partial charge in [0.2, 0.25) is 0 Å². The molecule has 27 heavy (non-hydrogen) atoms. The first-order valence-electron chi connectivity index (χ1n) is 8.40. The van der Waals surface area contributed by atoms with E-state index in [0.717, 1.165) is 0 Å². The molecule has 0 aliphatic heterocycles. The van der Waals surface area contributed by atoms with Crippen LogP contribution in [0.3, 0.4) is 0 Å². The van der Waals surface area contributed by atoms with Crippen molar-refractivity contribution >= 4 is 11.8 Å². The van der Waals surface area contributed by atoms with Crippen molar-refractivity contribution in [3.05, 3.63) is 58.7 Å². The zero-order chi connectivity index (χ0) is 20.2. The van der Waals surface area contributed by atoms with E-state index in [0.29, 0.717) is 24.0 Å². The Morgan fingerprint density at radius 2 is 1.19 bits per heavy atom. The predicted octanol–water partition coefficient (Wildman–Crippen LogP) is 2.44. The lowest BCUT2D eigenvalue weighted by Crippen LogP contribution is -2.28. The van der Waals surface area contributed by atoms with E-state index in [1.54, 1.807) is 12.1 Å². The van der Waals surface area contributed by atoms with Gasteiger partial charge in [0.05, 0.1) is 11.1 Å². The number of hydrogen-bond acceptors (Lipinski definition) is 6. The molecule has 144 valence electrons. The topological polar surface area (TPSA) is 139 Å². The molecule has 8 nitrogen and oxygen atoms in total. The van der Waals surface area contributed by atoms with Crippen LogP contribution in [0.5, 0.6) is 11.5 Å². The number of hydrogen-bond donors (Lipinski definition) is 6. The summed E-state index contributed by atoms with van der Waals surface area (Å²) < 4.78 is 0. The molecular formula is C19H22N2O6. The van der Waals surface area contributed by atoms with E-state index < -0.39 is 17.2 Å².